The standard InChI is InChI=1S/C25H20ClFN4O3/c1-25(24(33)28-14-16-4-8-18(27)9-5-16)15-30-21(13-20(29-30)22-3-2-12-34-22)23(32)31(25)19-10-6-17(26)7-11-19/h2-13H,14-15H2,1H3,(H,28,33)/t25-/m0/s1. The van der Waals surface area contributed by atoms with Gasteiger partial charge >= 0.3 is 0 Å². The van der Waals surface area contributed by atoms with Crippen LogP contribution in [-0.2, 0) is 17.9 Å². The monoisotopic (exact) mass is 478 g/mol. The molecular formula is C25H20ClFN4O3. The predicted octanol–water partition coefficient (Wildman–Crippen LogP) is 4.67. The van der Waals surface area contributed by atoms with Crippen molar-refractivity contribution in [3.63, 3.8) is 0 Å². The van der Waals surface area contributed by atoms with Crippen LogP contribution >= 0.6 is 11.6 Å². The van der Waals surface area contributed by atoms with E-state index in [-0.39, 0.29) is 30.7 Å². The lowest BCUT2D eigenvalue weighted by Gasteiger charge is -2.43. The van der Waals surface area contributed by atoms with E-state index < -0.39 is 5.54 Å². The first-order chi connectivity index (χ1) is 16.3. The van der Waals surface area contributed by atoms with Gasteiger partial charge in [-0.3, -0.25) is 19.2 Å². The topological polar surface area (TPSA) is 80.4 Å². The third kappa shape index (κ3) is 3.86. The molecule has 7 nitrogen and oxygen atoms in total. The highest BCUT2D eigenvalue weighted by molar-refractivity contribution is 6.30. The number of carbonyl (C=O) groups is 2. The fourth-order valence-corrected chi connectivity index (χ4v) is 4.22. The Morgan fingerprint density at radius 1 is 1.18 bits per heavy atom. The number of hydrogen-bond acceptors (Lipinski definition) is 4. The number of rotatable bonds is 5. The Hall–Kier alpha value is -3.91. The number of fused-ring (bicyclic) bond motifs is 1. The number of benzene rings is 2. The second-order valence-corrected chi connectivity index (χ2v) is 8.69. The van der Waals surface area contributed by atoms with Gasteiger partial charge in [0, 0.05) is 23.3 Å². The molecule has 0 saturated heterocycles. The predicted molar refractivity (Wildman–Crippen MR) is 125 cm³/mol. The Labute approximate surface area is 199 Å². The van der Waals surface area contributed by atoms with Gasteiger partial charge in [0.1, 0.15) is 22.7 Å². The van der Waals surface area contributed by atoms with Crippen LogP contribution in [-0.4, -0.2) is 27.1 Å². The van der Waals surface area contributed by atoms with Crippen molar-refractivity contribution >= 4 is 29.1 Å². The Kier molecular flexibility index (Phi) is 5.45. The Balaban J connectivity index is 1.52. The van der Waals surface area contributed by atoms with Crippen molar-refractivity contribution in [1.82, 2.24) is 15.1 Å². The fraction of sp³-hybridized carbons (Fsp3) is 0.160. The number of nitrogens with one attached hydrogen (secondary N) is 1. The summed E-state index contributed by atoms with van der Waals surface area (Å²) in [5.74, 6) is -0.582. The highest BCUT2D eigenvalue weighted by Crippen LogP contribution is 2.34. The van der Waals surface area contributed by atoms with Gasteiger partial charge in [-0.25, -0.2) is 4.39 Å². The maximum absolute atomic E-state index is 13.7. The van der Waals surface area contributed by atoms with Crippen molar-refractivity contribution in [3.8, 4) is 11.5 Å². The van der Waals surface area contributed by atoms with E-state index in [1.807, 2.05) is 0 Å². The Morgan fingerprint density at radius 2 is 1.91 bits per heavy atom. The zero-order valence-corrected chi connectivity index (χ0v) is 18.9. The molecule has 2 amide bonds. The molecule has 0 radical (unpaired) electrons. The van der Waals surface area contributed by atoms with E-state index in [2.05, 4.69) is 10.4 Å². The van der Waals surface area contributed by atoms with E-state index in [0.717, 1.165) is 5.56 Å². The molecule has 1 atom stereocenters. The van der Waals surface area contributed by atoms with Crippen LogP contribution in [0.3, 0.4) is 0 Å². The number of carbonyl (C=O) groups excluding carboxylic acids is 2. The molecule has 2 aromatic heterocycles. The van der Waals surface area contributed by atoms with E-state index in [4.69, 9.17) is 16.0 Å². The van der Waals surface area contributed by atoms with Crippen molar-refractivity contribution in [1.29, 1.82) is 0 Å². The van der Waals surface area contributed by atoms with Crippen LogP contribution in [0, 0.1) is 5.82 Å². The summed E-state index contributed by atoms with van der Waals surface area (Å²) in [6.07, 6.45) is 1.53. The summed E-state index contributed by atoms with van der Waals surface area (Å²) < 4.78 is 20.2. The van der Waals surface area contributed by atoms with Gasteiger partial charge in [-0.1, -0.05) is 23.7 Å². The highest BCUT2D eigenvalue weighted by Gasteiger charge is 2.49. The summed E-state index contributed by atoms with van der Waals surface area (Å²) in [6, 6.07) is 17.7. The van der Waals surface area contributed by atoms with E-state index in [1.165, 1.54) is 28.0 Å². The average Bonchev–Trinajstić information content (AvgIpc) is 3.50. The molecule has 1 aliphatic rings. The molecule has 0 unspecified atom stereocenters. The normalized spacial score (nSPS) is 17.5. The van der Waals surface area contributed by atoms with Gasteiger partial charge in [-0.05, 0) is 61.0 Å². The first kappa shape index (κ1) is 21.9. The molecule has 1 N–H and O–H groups in total. The number of amides is 2. The minimum atomic E-state index is -1.30. The molecular weight excluding hydrogens is 459 g/mol. The summed E-state index contributed by atoms with van der Waals surface area (Å²) in [5, 5.41) is 7.92. The molecule has 2 aromatic carbocycles. The molecule has 172 valence electrons. The van der Waals surface area contributed by atoms with Gasteiger partial charge in [-0.15, -0.1) is 0 Å². The lowest BCUT2D eigenvalue weighted by Crippen LogP contribution is -2.64. The van der Waals surface area contributed by atoms with Gasteiger partial charge in [0.25, 0.3) is 5.91 Å². The smallest absolute Gasteiger partial charge is 0.277 e. The lowest BCUT2D eigenvalue weighted by atomic mass is 9.94. The molecule has 3 heterocycles. The molecule has 5 rings (SSSR count). The second kappa shape index (κ2) is 8.46. The third-order valence-electron chi connectivity index (χ3n) is 5.87. The van der Waals surface area contributed by atoms with E-state index >= 15 is 0 Å². The van der Waals surface area contributed by atoms with E-state index in [0.29, 0.717) is 27.9 Å². The van der Waals surface area contributed by atoms with E-state index in [9.17, 15) is 14.0 Å². The van der Waals surface area contributed by atoms with Crippen molar-refractivity contribution in [2.24, 2.45) is 0 Å². The molecule has 9 heteroatoms. The zero-order valence-electron chi connectivity index (χ0n) is 18.2. The zero-order chi connectivity index (χ0) is 23.9. The average molecular weight is 479 g/mol. The molecule has 0 saturated carbocycles. The Bertz CT molecular complexity index is 1350. The highest BCUT2D eigenvalue weighted by atomic mass is 35.5. The van der Waals surface area contributed by atoms with Crippen LogP contribution in [0.5, 0.6) is 0 Å². The summed E-state index contributed by atoms with van der Waals surface area (Å²) in [4.78, 5) is 28.7. The largest absolute Gasteiger partial charge is 0.463 e. The van der Waals surface area contributed by atoms with E-state index in [1.54, 1.807) is 61.5 Å². The van der Waals surface area contributed by atoms with Gasteiger partial charge in [0.15, 0.2) is 5.76 Å². The minimum absolute atomic E-state index is 0.118. The summed E-state index contributed by atoms with van der Waals surface area (Å²) >= 11 is 6.06. The Morgan fingerprint density at radius 3 is 2.59 bits per heavy atom. The number of aromatic nitrogens is 2. The van der Waals surface area contributed by atoms with Crippen LogP contribution in [0.2, 0.25) is 5.02 Å². The van der Waals surface area contributed by atoms with Crippen LogP contribution in [0.1, 0.15) is 23.0 Å². The molecule has 0 aliphatic carbocycles. The van der Waals surface area contributed by atoms with Crippen LogP contribution in [0.15, 0.2) is 77.4 Å². The minimum Gasteiger partial charge on any atom is -0.463 e. The fourth-order valence-electron chi connectivity index (χ4n) is 4.10. The molecule has 4 aromatic rings. The molecule has 0 spiro atoms. The second-order valence-electron chi connectivity index (χ2n) is 8.25. The summed E-state index contributed by atoms with van der Waals surface area (Å²) in [7, 11) is 0. The maximum atomic E-state index is 13.7. The van der Waals surface area contributed by atoms with Gasteiger partial charge in [0.05, 0.1) is 12.8 Å². The van der Waals surface area contributed by atoms with Crippen LogP contribution in [0.4, 0.5) is 10.1 Å². The molecule has 1 aliphatic heterocycles. The quantitative estimate of drug-likeness (QED) is 0.452. The first-order valence-corrected chi connectivity index (χ1v) is 11.0. The molecule has 34 heavy (non-hydrogen) atoms. The number of anilines is 1. The summed E-state index contributed by atoms with van der Waals surface area (Å²) in [5.41, 5.74) is 0.800. The van der Waals surface area contributed by atoms with Crippen molar-refractivity contribution in [3.05, 3.63) is 95.1 Å². The number of hydrogen-bond donors (Lipinski definition) is 1. The van der Waals surface area contributed by atoms with Crippen molar-refractivity contribution in [2.45, 2.75) is 25.6 Å². The first-order valence-electron chi connectivity index (χ1n) is 10.6. The summed E-state index contributed by atoms with van der Waals surface area (Å²) in [6.45, 7) is 1.99. The van der Waals surface area contributed by atoms with Crippen molar-refractivity contribution < 1.29 is 18.4 Å². The lowest BCUT2D eigenvalue weighted by molar-refractivity contribution is -0.126. The van der Waals surface area contributed by atoms with Gasteiger partial charge in [-0.2, -0.15) is 5.10 Å². The number of halogens is 2. The van der Waals surface area contributed by atoms with Crippen molar-refractivity contribution in [2.75, 3.05) is 4.90 Å². The van der Waals surface area contributed by atoms with Gasteiger partial charge < -0.3 is 9.73 Å². The molecule has 0 fully saturated rings. The van der Waals surface area contributed by atoms with Crippen LogP contribution in [0.25, 0.3) is 11.5 Å². The number of furan rings is 1. The SMILES string of the molecule is C[C@@]1(C(=O)NCc2ccc(F)cc2)Cn2nc(-c3ccco3)cc2C(=O)N1c1ccc(Cl)cc1. The van der Waals surface area contributed by atoms with Crippen LogP contribution < -0.4 is 10.2 Å². The van der Waals surface area contributed by atoms with Gasteiger partial charge in [0.2, 0.25) is 5.91 Å². The number of nitrogens with zero attached hydrogens (tertiary/aromatic N) is 3. The molecule has 0 bridgehead atoms. The third-order valence-corrected chi connectivity index (χ3v) is 6.12. The maximum Gasteiger partial charge on any atom is 0.277 e.